The highest BCUT2D eigenvalue weighted by atomic mass is 16.5. The Balaban J connectivity index is 1.73. The Kier molecular flexibility index (Phi) is 14.7. The lowest BCUT2D eigenvalue weighted by atomic mass is 10.1. The Morgan fingerprint density at radius 3 is 2.04 bits per heavy atom. The van der Waals surface area contributed by atoms with Gasteiger partial charge in [0.15, 0.2) is 0 Å². The number of aromatic amines is 1. The number of methoxy groups -OCH3 is 1. The molecular formula is C23H39NO2. The van der Waals surface area contributed by atoms with E-state index < -0.39 is 0 Å². The van der Waals surface area contributed by atoms with Crippen LogP contribution >= 0.6 is 0 Å². The Morgan fingerprint density at radius 1 is 0.885 bits per heavy atom. The van der Waals surface area contributed by atoms with Crippen LogP contribution in [0.1, 0.15) is 95.6 Å². The van der Waals surface area contributed by atoms with Gasteiger partial charge < -0.3 is 9.72 Å². The summed E-state index contributed by atoms with van der Waals surface area (Å²) in [4.78, 5) is 14.2. The highest BCUT2D eigenvalue weighted by Gasteiger charge is 1.98. The van der Waals surface area contributed by atoms with Crippen LogP contribution in [0.2, 0.25) is 0 Å². The van der Waals surface area contributed by atoms with Crippen molar-refractivity contribution in [3.63, 3.8) is 0 Å². The van der Waals surface area contributed by atoms with Gasteiger partial charge in [0.25, 0.3) is 0 Å². The van der Waals surface area contributed by atoms with Crippen LogP contribution in [0.15, 0.2) is 30.5 Å². The van der Waals surface area contributed by atoms with Gasteiger partial charge in [0.05, 0.1) is 7.11 Å². The second-order valence-electron chi connectivity index (χ2n) is 7.21. The topological polar surface area (TPSA) is 42.1 Å². The average Bonchev–Trinajstić information content (AvgIpc) is 3.17. The largest absolute Gasteiger partial charge is 0.469 e. The highest BCUT2D eigenvalue weighted by Crippen LogP contribution is 2.11. The van der Waals surface area contributed by atoms with Gasteiger partial charge in [0.2, 0.25) is 0 Å². The third-order valence-corrected chi connectivity index (χ3v) is 4.88. The number of rotatable bonds is 17. The van der Waals surface area contributed by atoms with Crippen LogP contribution < -0.4 is 0 Å². The average molecular weight is 362 g/mol. The first-order chi connectivity index (χ1) is 12.8. The maximum absolute atomic E-state index is 11.0. The first-order valence-electron chi connectivity index (χ1n) is 10.7. The maximum atomic E-state index is 11.0. The number of carbonyl (C=O) groups excluding carboxylic acids is 1. The number of ether oxygens (including phenoxy) is 1. The zero-order valence-electron chi connectivity index (χ0n) is 16.8. The minimum absolute atomic E-state index is 0.0792. The molecule has 0 bridgehead atoms. The van der Waals surface area contributed by atoms with E-state index in [-0.39, 0.29) is 5.97 Å². The van der Waals surface area contributed by atoms with E-state index >= 15 is 0 Å². The summed E-state index contributed by atoms with van der Waals surface area (Å²) in [6.07, 6.45) is 24.9. The lowest BCUT2D eigenvalue weighted by Crippen LogP contribution is -1.98. The molecule has 0 aliphatic heterocycles. The molecule has 0 fully saturated rings. The predicted octanol–water partition coefficient (Wildman–Crippen LogP) is 6.75. The predicted molar refractivity (Wildman–Crippen MR) is 110 cm³/mol. The Labute approximate surface area is 160 Å². The zero-order chi connectivity index (χ0) is 18.7. The fraction of sp³-hybridized carbons (Fsp3) is 0.696. The Hall–Kier alpha value is -1.51. The number of aromatic nitrogens is 1. The van der Waals surface area contributed by atoms with Crippen LogP contribution in [0, 0.1) is 0 Å². The lowest BCUT2D eigenvalue weighted by molar-refractivity contribution is -0.140. The molecule has 26 heavy (non-hydrogen) atoms. The number of aryl methyl sites for hydroxylation is 1. The molecule has 0 unspecified atom stereocenters. The number of H-pyrrole nitrogens is 1. The molecule has 1 rings (SSSR count). The van der Waals surface area contributed by atoms with Gasteiger partial charge in [0, 0.05) is 18.3 Å². The van der Waals surface area contributed by atoms with Crippen LogP contribution in [0.4, 0.5) is 0 Å². The van der Waals surface area contributed by atoms with Crippen LogP contribution in [0.5, 0.6) is 0 Å². The van der Waals surface area contributed by atoms with Crippen molar-refractivity contribution in [1.29, 1.82) is 0 Å². The number of esters is 1. The molecule has 148 valence electrons. The first kappa shape index (κ1) is 22.5. The minimum Gasteiger partial charge on any atom is -0.469 e. The molecule has 1 N–H and O–H groups in total. The van der Waals surface area contributed by atoms with Gasteiger partial charge >= 0.3 is 5.97 Å². The molecule has 3 heteroatoms. The Morgan fingerprint density at radius 2 is 1.46 bits per heavy atom. The van der Waals surface area contributed by atoms with Crippen molar-refractivity contribution in [2.45, 2.75) is 96.3 Å². The molecule has 0 saturated carbocycles. The SMILES string of the molecule is COC(=O)CCCCCCC/C=C\CCCCCCCCc1ccc[nH]1. The number of carbonyl (C=O) groups is 1. The van der Waals surface area contributed by atoms with Gasteiger partial charge in [-0.05, 0) is 57.1 Å². The second kappa shape index (κ2) is 16.9. The number of hydrogen-bond acceptors (Lipinski definition) is 2. The van der Waals surface area contributed by atoms with Crippen molar-refractivity contribution >= 4 is 5.97 Å². The molecule has 0 aromatic carbocycles. The summed E-state index contributed by atoms with van der Waals surface area (Å²) >= 11 is 0. The monoisotopic (exact) mass is 361 g/mol. The van der Waals surface area contributed by atoms with Gasteiger partial charge in [-0.3, -0.25) is 4.79 Å². The smallest absolute Gasteiger partial charge is 0.305 e. The second-order valence-corrected chi connectivity index (χ2v) is 7.21. The summed E-state index contributed by atoms with van der Waals surface area (Å²) in [6.45, 7) is 0. The molecule has 1 heterocycles. The summed E-state index contributed by atoms with van der Waals surface area (Å²) in [5, 5.41) is 0. The van der Waals surface area contributed by atoms with Gasteiger partial charge in [-0.25, -0.2) is 0 Å². The zero-order valence-corrected chi connectivity index (χ0v) is 16.8. The number of nitrogens with one attached hydrogen (secondary N) is 1. The lowest BCUT2D eigenvalue weighted by Gasteiger charge is -2.01. The van der Waals surface area contributed by atoms with E-state index in [9.17, 15) is 4.79 Å². The van der Waals surface area contributed by atoms with Crippen LogP contribution in [0.3, 0.4) is 0 Å². The number of hydrogen-bond donors (Lipinski definition) is 1. The van der Waals surface area contributed by atoms with Gasteiger partial charge in [-0.15, -0.1) is 0 Å². The summed E-state index contributed by atoms with van der Waals surface area (Å²) in [6, 6.07) is 4.26. The Bertz CT molecular complexity index is 451. The van der Waals surface area contributed by atoms with Crippen LogP contribution in [-0.2, 0) is 16.0 Å². The van der Waals surface area contributed by atoms with E-state index in [2.05, 4.69) is 34.0 Å². The standard InChI is InChI=1S/C23H39NO2/c1-26-23(25)20-16-14-12-10-8-6-4-2-3-5-7-9-11-13-15-18-22-19-17-21-24-22/h2,4,17,19,21,24H,3,5-16,18,20H2,1H3/b4-2-. The molecule has 0 aliphatic carbocycles. The molecule has 0 spiro atoms. The van der Waals surface area contributed by atoms with E-state index in [1.165, 1.54) is 89.9 Å². The molecule has 0 saturated heterocycles. The molecule has 1 aromatic rings. The first-order valence-corrected chi connectivity index (χ1v) is 10.7. The fourth-order valence-corrected chi connectivity index (χ4v) is 3.21. The quantitative estimate of drug-likeness (QED) is 0.189. The molecule has 0 radical (unpaired) electrons. The van der Waals surface area contributed by atoms with Crippen molar-refractivity contribution < 1.29 is 9.53 Å². The van der Waals surface area contributed by atoms with E-state index in [0.717, 1.165) is 12.8 Å². The number of allylic oxidation sites excluding steroid dienone is 2. The van der Waals surface area contributed by atoms with Gasteiger partial charge in [-0.2, -0.15) is 0 Å². The van der Waals surface area contributed by atoms with Gasteiger partial charge in [0.1, 0.15) is 0 Å². The van der Waals surface area contributed by atoms with E-state index in [4.69, 9.17) is 0 Å². The molecular weight excluding hydrogens is 322 g/mol. The van der Waals surface area contributed by atoms with Crippen molar-refractivity contribution in [3.05, 3.63) is 36.2 Å². The maximum Gasteiger partial charge on any atom is 0.305 e. The third kappa shape index (κ3) is 13.7. The van der Waals surface area contributed by atoms with E-state index in [0.29, 0.717) is 6.42 Å². The van der Waals surface area contributed by atoms with Gasteiger partial charge in [-0.1, -0.05) is 57.1 Å². The molecule has 3 nitrogen and oxygen atoms in total. The normalized spacial score (nSPS) is 11.3. The fourth-order valence-electron chi connectivity index (χ4n) is 3.21. The summed E-state index contributed by atoms with van der Waals surface area (Å²) < 4.78 is 4.64. The summed E-state index contributed by atoms with van der Waals surface area (Å²) in [5.74, 6) is -0.0792. The highest BCUT2D eigenvalue weighted by molar-refractivity contribution is 5.68. The van der Waals surface area contributed by atoms with E-state index in [1.807, 2.05) is 6.20 Å². The minimum atomic E-state index is -0.0792. The number of unbranched alkanes of at least 4 members (excludes halogenated alkanes) is 11. The molecule has 0 amide bonds. The third-order valence-electron chi connectivity index (χ3n) is 4.88. The molecule has 0 aliphatic rings. The van der Waals surface area contributed by atoms with Crippen LogP contribution in [-0.4, -0.2) is 18.1 Å². The van der Waals surface area contributed by atoms with Crippen molar-refractivity contribution in [3.8, 4) is 0 Å². The van der Waals surface area contributed by atoms with Crippen molar-refractivity contribution in [1.82, 2.24) is 4.98 Å². The molecule has 1 aromatic heterocycles. The summed E-state index contributed by atoms with van der Waals surface area (Å²) in [7, 11) is 1.46. The summed E-state index contributed by atoms with van der Waals surface area (Å²) in [5.41, 5.74) is 1.37. The van der Waals surface area contributed by atoms with E-state index in [1.54, 1.807) is 0 Å². The van der Waals surface area contributed by atoms with Crippen molar-refractivity contribution in [2.24, 2.45) is 0 Å². The van der Waals surface area contributed by atoms with Crippen molar-refractivity contribution in [2.75, 3.05) is 7.11 Å². The van der Waals surface area contributed by atoms with Crippen LogP contribution in [0.25, 0.3) is 0 Å². The molecule has 0 atom stereocenters.